The summed E-state index contributed by atoms with van der Waals surface area (Å²) < 4.78 is 13.3. The highest BCUT2D eigenvalue weighted by Gasteiger charge is 2.12. The number of benzene rings is 1. The number of nitrogens with two attached hydrogens (primary N) is 1. The number of hydrogen-bond donors (Lipinski definition) is 1. The molecule has 1 aromatic carbocycles. The van der Waals surface area contributed by atoms with E-state index < -0.39 is 5.83 Å². The molecule has 0 amide bonds. The topological polar surface area (TPSA) is 38.4 Å². The first-order valence-electron chi connectivity index (χ1n) is 4.64. The average Bonchev–Trinajstić information content (AvgIpc) is 2.29. The summed E-state index contributed by atoms with van der Waals surface area (Å²) in [6, 6.07) is 9.14. The molecule has 0 radical (unpaired) electrons. The molecule has 0 aromatic heterocycles. The summed E-state index contributed by atoms with van der Waals surface area (Å²) in [5.74, 6) is -0.680. The number of rotatable bonds is 4. The highest BCUT2D eigenvalue weighted by molar-refractivity contribution is 5.81. The van der Waals surface area contributed by atoms with Crippen molar-refractivity contribution < 1.29 is 4.39 Å². The van der Waals surface area contributed by atoms with Gasteiger partial charge < -0.3 is 5.73 Å². The summed E-state index contributed by atoms with van der Waals surface area (Å²) in [5, 5.41) is 0. The molecular formula is C13H13FN2. The molecule has 0 spiro atoms. The average molecular weight is 216 g/mol. The van der Waals surface area contributed by atoms with Crippen LogP contribution < -0.4 is 5.73 Å². The minimum atomic E-state index is -0.668. The van der Waals surface area contributed by atoms with Crippen LogP contribution >= 0.6 is 0 Å². The van der Waals surface area contributed by atoms with Crippen molar-refractivity contribution in [2.24, 2.45) is 10.7 Å². The van der Waals surface area contributed by atoms with Gasteiger partial charge in [-0.2, -0.15) is 0 Å². The van der Waals surface area contributed by atoms with Gasteiger partial charge in [0, 0.05) is 0 Å². The lowest BCUT2D eigenvalue weighted by atomic mass is 9.99. The quantitative estimate of drug-likeness (QED) is 0.609. The van der Waals surface area contributed by atoms with Crippen LogP contribution in [0.15, 0.2) is 65.7 Å². The van der Waals surface area contributed by atoms with Gasteiger partial charge in [-0.1, -0.05) is 43.5 Å². The molecule has 16 heavy (non-hydrogen) atoms. The van der Waals surface area contributed by atoms with Gasteiger partial charge in [-0.05, 0) is 17.9 Å². The fourth-order valence-electron chi connectivity index (χ4n) is 1.32. The SMILES string of the molecule is C=N/C(N)=C(\C(=C)F)C(=C)c1ccccc1. The summed E-state index contributed by atoms with van der Waals surface area (Å²) in [6.07, 6.45) is 0. The zero-order chi connectivity index (χ0) is 12.1. The standard InChI is InChI=1S/C13H13FN2/c1-9(11-7-5-4-6-8-11)12(10(2)14)13(15)16-3/h4-8H,1-3,15H2/b13-12-. The number of nitrogens with zero attached hydrogens (tertiary/aromatic N) is 1. The predicted molar refractivity (Wildman–Crippen MR) is 66.5 cm³/mol. The molecule has 1 aromatic rings. The molecule has 2 nitrogen and oxygen atoms in total. The maximum absolute atomic E-state index is 13.3. The Morgan fingerprint density at radius 3 is 2.19 bits per heavy atom. The number of halogens is 1. The summed E-state index contributed by atoms with van der Waals surface area (Å²) in [7, 11) is 0. The number of aliphatic imine (C=N–C) groups is 1. The van der Waals surface area contributed by atoms with Crippen LogP contribution in [0, 0.1) is 0 Å². The highest BCUT2D eigenvalue weighted by atomic mass is 19.1. The van der Waals surface area contributed by atoms with Gasteiger partial charge in [-0.3, -0.25) is 0 Å². The number of hydrogen-bond acceptors (Lipinski definition) is 2. The second kappa shape index (κ2) is 5.07. The van der Waals surface area contributed by atoms with Crippen molar-refractivity contribution in [3.63, 3.8) is 0 Å². The Kier molecular flexibility index (Phi) is 3.78. The molecule has 0 unspecified atom stereocenters. The van der Waals surface area contributed by atoms with Gasteiger partial charge in [0.15, 0.2) is 0 Å². The van der Waals surface area contributed by atoms with Crippen LogP contribution in [0.1, 0.15) is 5.56 Å². The largest absolute Gasteiger partial charge is 0.383 e. The molecule has 0 heterocycles. The molecule has 1 rings (SSSR count). The molecule has 0 fully saturated rings. The minimum absolute atomic E-state index is 0.0126. The Hall–Kier alpha value is -2.16. The van der Waals surface area contributed by atoms with Gasteiger partial charge in [0.05, 0.1) is 5.57 Å². The van der Waals surface area contributed by atoms with Crippen molar-refractivity contribution in [3.05, 3.63) is 66.3 Å². The Morgan fingerprint density at radius 2 is 1.75 bits per heavy atom. The zero-order valence-corrected chi connectivity index (χ0v) is 8.91. The van der Waals surface area contributed by atoms with Gasteiger partial charge in [-0.25, -0.2) is 9.38 Å². The van der Waals surface area contributed by atoms with Crippen LogP contribution in [0.25, 0.3) is 5.57 Å². The van der Waals surface area contributed by atoms with Gasteiger partial charge in [0.2, 0.25) is 0 Å². The van der Waals surface area contributed by atoms with Crippen molar-refractivity contribution in [2.45, 2.75) is 0 Å². The Bertz CT molecular complexity index is 458. The summed E-state index contributed by atoms with van der Waals surface area (Å²) in [4.78, 5) is 3.50. The fourth-order valence-corrected chi connectivity index (χ4v) is 1.32. The Balaban J connectivity index is 3.23. The Labute approximate surface area is 94.3 Å². The smallest absolute Gasteiger partial charge is 0.133 e. The maximum atomic E-state index is 13.3. The first-order valence-corrected chi connectivity index (χ1v) is 4.64. The molecule has 2 N–H and O–H groups in total. The van der Waals surface area contributed by atoms with Gasteiger partial charge in [0.25, 0.3) is 0 Å². The van der Waals surface area contributed by atoms with Crippen LogP contribution in [-0.4, -0.2) is 6.72 Å². The molecule has 0 saturated carbocycles. The van der Waals surface area contributed by atoms with Crippen molar-refractivity contribution >= 4 is 12.3 Å². The molecule has 0 saturated heterocycles. The highest BCUT2D eigenvalue weighted by Crippen LogP contribution is 2.28. The van der Waals surface area contributed by atoms with E-state index in [1.165, 1.54) is 0 Å². The van der Waals surface area contributed by atoms with Gasteiger partial charge in [0.1, 0.15) is 11.6 Å². The second-order valence-electron chi connectivity index (χ2n) is 3.17. The third kappa shape index (κ3) is 2.45. The van der Waals surface area contributed by atoms with E-state index in [1.54, 1.807) is 0 Å². The molecule has 3 heteroatoms. The van der Waals surface area contributed by atoms with Crippen LogP contribution in [0.4, 0.5) is 4.39 Å². The first-order chi connectivity index (χ1) is 7.57. The summed E-state index contributed by atoms with van der Waals surface area (Å²) >= 11 is 0. The predicted octanol–water partition coefficient (Wildman–Crippen LogP) is 3.05. The van der Waals surface area contributed by atoms with Crippen molar-refractivity contribution in [1.29, 1.82) is 0 Å². The van der Waals surface area contributed by atoms with E-state index >= 15 is 0 Å². The molecule has 0 atom stereocenters. The van der Waals surface area contributed by atoms with E-state index in [9.17, 15) is 4.39 Å². The van der Waals surface area contributed by atoms with E-state index in [0.29, 0.717) is 5.57 Å². The molecule has 0 aliphatic carbocycles. The van der Waals surface area contributed by atoms with Crippen LogP contribution in [0.3, 0.4) is 0 Å². The molecule has 0 bridgehead atoms. The summed E-state index contributed by atoms with van der Waals surface area (Å²) in [5.41, 5.74) is 6.85. The van der Waals surface area contributed by atoms with Gasteiger partial charge in [-0.15, -0.1) is 0 Å². The maximum Gasteiger partial charge on any atom is 0.133 e. The van der Waals surface area contributed by atoms with Crippen LogP contribution in [-0.2, 0) is 0 Å². The monoisotopic (exact) mass is 216 g/mol. The zero-order valence-electron chi connectivity index (χ0n) is 8.91. The normalized spacial score (nSPS) is 11.6. The van der Waals surface area contributed by atoms with Crippen molar-refractivity contribution in [3.8, 4) is 0 Å². The minimum Gasteiger partial charge on any atom is -0.383 e. The molecule has 82 valence electrons. The number of allylic oxidation sites excluding steroid dienone is 3. The van der Waals surface area contributed by atoms with E-state index in [-0.39, 0.29) is 11.4 Å². The van der Waals surface area contributed by atoms with E-state index in [1.807, 2.05) is 30.3 Å². The Morgan fingerprint density at radius 1 is 1.19 bits per heavy atom. The lowest BCUT2D eigenvalue weighted by molar-refractivity contribution is 0.660. The molecule has 0 aliphatic heterocycles. The second-order valence-corrected chi connectivity index (χ2v) is 3.17. The van der Waals surface area contributed by atoms with Crippen molar-refractivity contribution in [2.75, 3.05) is 0 Å². The van der Waals surface area contributed by atoms with Crippen LogP contribution in [0.5, 0.6) is 0 Å². The van der Waals surface area contributed by atoms with E-state index in [0.717, 1.165) is 5.56 Å². The van der Waals surface area contributed by atoms with Gasteiger partial charge >= 0.3 is 0 Å². The van der Waals surface area contributed by atoms with Crippen molar-refractivity contribution in [1.82, 2.24) is 0 Å². The molecular weight excluding hydrogens is 203 g/mol. The lowest BCUT2D eigenvalue weighted by Crippen LogP contribution is -2.02. The fraction of sp³-hybridized carbons (Fsp3) is 0. The van der Waals surface area contributed by atoms with E-state index in [2.05, 4.69) is 24.9 Å². The third-order valence-corrected chi connectivity index (χ3v) is 2.12. The molecule has 0 aliphatic rings. The summed E-state index contributed by atoms with van der Waals surface area (Å²) in [6.45, 7) is 10.3. The van der Waals surface area contributed by atoms with Crippen LogP contribution in [0.2, 0.25) is 0 Å². The van der Waals surface area contributed by atoms with E-state index in [4.69, 9.17) is 5.73 Å². The third-order valence-electron chi connectivity index (χ3n) is 2.12. The first kappa shape index (κ1) is 11.9. The lowest BCUT2D eigenvalue weighted by Gasteiger charge is -2.10.